The molecule has 1 aliphatic rings. The Morgan fingerprint density at radius 2 is 2.24 bits per heavy atom. The van der Waals surface area contributed by atoms with Crippen LogP contribution < -0.4 is 4.90 Å². The molecule has 3 heteroatoms. The van der Waals surface area contributed by atoms with Gasteiger partial charge in [-0.05, 0) is 59.3 Å². The van der Waals surface area contributed by atoms with E-state index < -0.39 is 0 Å². The highest BCUT2D eigenvalue weighted by Gasteiger charge is 2.22. The summed E-state index contributed by atoms with van der Waals surface area (Å²) >= 11 is 9.54. The lowest BCUT2D eigenvalue weighted by Crippen LogP contribution is -2.39. The van der Waals surface area contributed by atoms with Crippen LogP contribution in [-0.2, 0) is 5.88 Å². The number of halogens is 2. The predicted octanol–water partition coefficient (Wildman–Crippen LogP) is 4.96. The summed E-state index contributed by atoms with van der Waals surface area (Å²) in [6.07, 6.45) is 5.22. The van der Waals surface area contributed by atoms with E-state index in [-0.39, 0.29) is 0 Å². The molecule has 0 spiro atoms. The number of rotatable bonds is 3. The van der Waals surface area contributed by atoms with Crippen molar-refractivity contribution in [1.82, 2.24) is 0 Å². The van der Waals surface area contributed by atoms with Crippen molar-refractivity contribution in [2.75, 3.05) is 11.4 Å². The topological polar surface area (TPSA) is 3.24 Å². The van der Waals surface area contributed by atoms with E-state index in [0.29, 0.717) is 11.9 Å². The summed E-state index contributed by atoms with van der Waals surface area (Å²) in [6, 6.07) is 7.18. The Kier molecular flexibility index (Phi) is 4.75. The van der Waals surface area contributed by atoms with Crippen LogP contribution >= 0.6 is 27.5 Å². The van der Waals surface area contributed by atoms with Crippen molar-refractivity contribution in [3.63, 3.8) is 0 Å². The minimum Gasteiger partial charge on any atom is -0.368 e. The molecular weight excluding hydrogens is 298 g/mol. The standard InChI is InChI=1S/C14H19BrClN/c1-2-12-5-3-4-8-17(12)14-7-6-11(10-16)9-13(14)15/h6-7,9,12H,2-5,8,10H2,1H3. The molecule has 1 aromatic carbocycles. The molecule has 1 fully saturated rings. The first-order valence-corrected chi connectivity index (χ1v) is 7.70. The fourth-order valence-electron chi connectivity index (χ4n) is 2.61. The molecule has 94 valence electrons. The summed E-state index contributed by atoms with van der Waals surface area (Å²) in [4.78, 5) is 2.55. The zero-order valence-electron chi connectivity index (χ0n) is 10.3. The number of piperidine rings is 1. The Labute approximate surface area is 117 Å². The van der Waals surface area contributed by atoms with Crippen LogP contribution in [-0.4, -0.2) is 12.6 Å². The highest BCUT2D eigenvalue weighted by molar-refractivity contribution is 9.10. The van der Waals surface area contributed by atoms with E-state index in [2.05, 4.69) is 46.0 Å². The number of benzene rings is 1. The molecule has 1 unspecified atom stereocenters. The zero-order chi connectivity index (χ0) is 12.3. The van der Waals surface area contributed by atoms with E-state index in [1.165, 1.54) is 48.0 Å². The Morgan fingerprint density at radius 3 is 2.88 bits per heavy atom. The third kappa shape index (κ3) is 2.97. The lowest BCUT2D eigenvalue weighted by molar-refractivity contribution is 0.449. The van der Waals surface area contributed by atoms with Gasteiger partial charge < -0.3 is 4.90 Å². The third-order valence-corrected chi connectivity index (χ3v) is 4.52. The largest absolute Gasteiger partial charge is 0.368 e. The summed E-state index contributed by atoms with van der Waals surface area (Å²) in [5.74, 6) is 0.579. The Hall–Kier alpha value is -0.210. The SMILES string of the molecule is CCC1CCCCN1c1ccc(CCl)cc1Br. The van der Waals surface area contributed by atoms with Crippen LogP contribution in [0.4, 0.5) is 5.69 Å². The minimum atomic E-state index is 0.579. The molecule has 1 aliphatic heterocycles. The molecular formula is C14H19BrClN. The molecule has 0 radical (unpaired) electrons. The van der Waals surface area contributed by atoms with Crippen LogP contribution in [0.15, 0.2) is 22.7 Å². The van der Waals surface area contributed by atoms with Gasteiger partial charge in [-0.15, -0.1) is 11.6 Å². The number of anilines is 1. The average molecular weight is 317 g/mol. The van der Waals surface area contributed by atoms with Crippen molar-refractivity contribution in [3.8, 4) is 0 Å². The molecule has 1 saturated heterocycles. The third-order valence-electron chi connectivity index (χ3n) is 3.57. The van der Waals surface area contributed by atoms with Crippen molar-refractivity contribution >= 4 is 33.2 Å². The zero-order valence-corrected chi connectivity index (χ0v) is 12.6. The number of nitrogens with zero attached hydrogens (tertiary/aromatic N) is 1. The normalized spacial score (nSPS) is 20.6. The molecule has 1 atom stereocenters. The van der Waals surface area contributed by atoms with Crippen LogP contribution in [0.3, 0.4) is 0 Å². The van der Waals surface area contributed by atoms with Gasteiger partial charge in [0, 0.05) is 22.9 Å². The van der Waals surface area contributed by atoms with Gasteiger partial charge in [0.05, 0.1) is 5.69 Å². The predicted molar refractivity (Wildman–Crippen MR) is 79.0 cm³/mol. The second-order valence-electron chi connectivity index (χ2n) is 4.67. The summed E-state index contributed by atoms with van der Waals surface area (Å²) in [5.41, 5.74) is 2.50. The van der Waals surface area contributed by atoms with Gasteiger partial charge in [0.15, 0.2) is 0 Å². The Morgan fingerprint density at radius 1 is 1.41 bits per heavy atom. The van der Waals surface area contributed by atoms with E-state index in [1.807, 2.05) is 0 Å². The first-order chi connectivity index (χ1) is 8.26. The highest BCUT2D eigenvalue weighted by Crippen LogP contribution is 2.33. The van der Waals surface area contributed by atoms with Gasteiger partial charge in [-0.3, -0.25) is 0 Å². The van der Waals surface area contributed by atoms with Crippen molar-refractivity contribution in [3.05, 3.63) is 28.2 Å². The Bertz CT molecular complexity index is 380. The van der Waals surface area contributed by atoms with Crippen molar-refractivity contribution < 1.29 is 0 Å². The molecule has 0 saturated carbocycles. The molecule has 0 bridgehead atoms. The van der Waals surface area contributed by atoms with Crippen molar-refractivity contribution in [2.24, 2.45) is 0 Å². The van der Waals surface area contributed by atoms with Gasteiger partial charge in [0.1, 0.15) is 0 Å². The molecule has 0 N–H and O–H groups in total. The van der Waals surface area contributed by atoms with E-state index >= 15 is 0 Å². The molecule has 0 aromatic heterocycles. The van der Waals surface area contributed by atoms with Gasteiger partial charge in [0.2, 0.25) is 0 Å². The van der Waals surface area contributed by atoms with Gasteiger partial charge in [-0.1, -0.05) is 13.0 Å². The maximum Gasteiger partial charge on any atom is 0.0513 e. The van der Waals surface area contributed by atoms with E-state index in [4.69, 9.17) is 11.6 Å². The van der Waals surface area contributed by atoms with Crippen LogP contribution in [0.5, 0.6) is 0 Å². The molecule has 1 aromatic rings. The quantitative estimate of drug-likeness (QED) is 0.713. The summed E-state index contributed by atoms with van der Waals surface area (Å²) < 4.78 is 1.18. The van der Waals surface area contributed by atoms with Crippen molar-refractivity contribution in [2.45, 2.75) is 44.5 Å². The molecule has 1 heterocycles. The first-order valence-electron chi connectivity index (χ1n) is 6.37. The summed E-state index contributed by atoms with van der Waals surface area (Å²) in [5, 5.41) is 0. The summed E-state index contributed by atoms with van der Waals surface area (Å²) in [7, 11) is 0. The van der Waals surface area contributed by atoms with Gasteiger partial charge in [-0.2, -0.15) is 0 Å². The van der Waals surface area contributed by atoms with Gasteiger partial charge in [0.25, 0.3) is 0 Å². The maximum atomic E-state index is 5.86. The lowest BCUT2D eigenvalue weighted by atomic mass is 9.99. The van der Waals surface area contributed by atoms with Gasteiger partial charge in [-0.25, -0.2) is 0 Å². The van der Waals surface area contributed by atoms with E-state index in [9.17, 15) is 0 Å². The fourth-order valence-corrected chi connectivity index (χ4v) is 3.43. The average Bonchev–Trinajstić information content (AvgIpc) is 2.38. The van der Waals surface area contributed by atoms with Crippen LogP contribution in [0.1, 0.15) is 38.2 Å². The number of hydrogen-bond donors (Lipinski definition) is 0. The highest BCUT2D eigenvalue weighted by atomic mass is 79.9. The van der Waals surface area contributed by atoms with E-state index in [1.54, 1.807) is 0 Å². The minimum absolute atomic E-state index is 0.579. The van der Waals surface area contributed by atoms with Crippen LogP contribution in [0, 0.1) is 0 Å². The second kappa shape index (κ2) is 6.10. The number of alkyl halides is 1. The smallest absolute Gasteiger partial charge is 0.0513 e. The molecule has 2 rings (SSSR count). The molecule has 0 aliphatic carbocycles. The fraction of sp³-hybridized carbons (Fsp3) is 0.571. The monoisotopic (exact) mass is 315 g/mol. The van der Waals surface area contributed by atoms with Crippen LogP contribution in [0.2, 0.25) is 0 Å². The van der Waals surface area contributed by atoms with Crippen LogP contribution in [0.25, 0.3) is 0 Å². The Balaban J connectivity index is 2.25. The summed E-state index contributed by atoms with van der Waals surface area (Å²) in [6.45, 7) is 3.46. The van der Waals surface area contributed by atoms with Crippen molar-refractivity contribution in [1.29, 1.82) is 0 Å². The van der Waals surface area contributed by atoms with E-state index in [0.717, 1.165) is 0 Å². The molecule has 0 amide bonds. The maximum absolute atomic E-state index is 5.86. The van der Waals surface area contributed by atoms with Gasteiger partial charge >= 0.3 is 0 Å². The molecule has 17 heavy (non-hydrogen) atoms. The first kappa shape index (κ1) is 13.2. The lowest BCUT2D eigenvalue weighted by Gasteiger charge is -2.37. The number of hydrogen-bond acceptors (Lipinski definition) is 1. The second-order valence-corrected chi connectivity index (χ2v) is 5.79. The molecule has 1 nitrogen and oxygen atoms in total.